The Hall–Kier alpha value is -1.81. The summed E-state index contributed by atoms with van der Waals surface area (Å²) in [6, 6.07) is 5.63. The number of aromatic nitrogens is 1. The van der Waals surface area contributed by atoms with Crippen molar-refractivity contribution < 1.29 is 13.9 Å². The van der Waals surface area contributed by atoms with Gasteiger partial charge in [-0.25, -0.2) is 8.78 Å². The van der Waals surface area contributed by atoms with Gasteiger partial charge in [0.2, 0.25) is 0 Å². The minimum atomic E-state index is -0.850. The summed E-state index contributed by atoms with van der Waals surface area (Å²) in [4.78, 5) is 3.69. The van der Waals surface area contributed by atoms with E-state index >= 15 is 0 Å². The molecule has 1 aromatic heterocycles. The topological polar surface area (TPSA) is 33.1 Å². The van der Waals surface area contributed by atoms with Crippen LogP contribution in [0.25, 0.3) is 0 Å². The van der Waals surface area contributed by atoms with Crippen molar-refractivity contribution in [1.29, 1.82) is 0 Å². The average molecular weight is 249 g/mol. The average Bonchev–Trinajstić information content (AvgIpc) is 2.32. The van der Waals surface area contributed by atoms with Crippen molar-refractivity contribution in [3.8, 4) is 0 Å². The van der Waals surface area contributed by atoms with Crippen LogP contribution in [0.5, 0.6) is 0 Å². The minimum absolute atomic E-state index is 0.303. The molecule has 2 aromatic rings. The normalized spacial score (nSPS) is 12.4. The first-order valence-electron chi connectivity index (χ1n) is 5.60. The largest absolute Gasteiger partial charge is 0.388 e. The van der Waals surface area contributed by atoms with E-state index in [-0.39, 0.29) is 5.82 Å². The molecule has 4 heteroatoms. The third kappa shape index (κ3) is 2.90. The molecule has 1 N–H and O–H groups in total. The molecule has 0 amide bonds. The van der Waals surface area contributed by atoms with Crippen LogP contribution in [0.3, 0.4) is 0 Å². The predicted octanol–water partition coefficient (Wildman–Crippen LogP) is 2.94. The van der Waals surface area contributed by atoms with Crippen LogP contribution in [-0.4, -0.2) is 10.1 Å². The Morgan fingerprint density at radius 3 is 2.61 bits per heavy atom. The summed E-state index contributed by atoms with van der Waals surface area (Å²) in [5.41, 5.74) is 2.00. The molecule has 0 fully saturated rings. The molecule has 0 spiro atoms. The monoisotopic (exact) mass is 249 g/mol. The summed E-state index contributed by atoms with van der Waals surface area (Å²) in [5.74, 6) is -0.791. The van der Waals surface area contributed by atoms with Crippen LogP contribution in [0.4, 0.5) is 8.78 Å². The number of rotatable bonds is 3. The van der Waals surface area contributed by atoms with E-state index in [0.717, 1.165) is 17.3 Å². The number of aliphatic hydroxyl groups excluding tert-OH is 1. The third-order valence-corrected chi connectivity index (χ3v) is 2.83. The molecule has 0 bridgehead atoms. The lowest BCUT2D eigenvalue weighted by Gasteiger charge is -2.12. The van der Waals surface area contributed by atoms with Crippen molar-refractivity contribution in [3.05, 3.63) is 65.0 Å². The van der Waals surface area contributed by atoms with Gasteiger partial charge in [-0.2, -0.15) is 0 Å². The van der Waals surface area contributed by atoms with Crippen molar-refractivity contribution in [2.75, 3.05) is 0 Å². The number of aliphatic hydroxyl groups is 1. The summed E-state index contributed by atoms with van der Waals surface area (Å²) >= 11 is 0. The number of pyridine rings is 1. The van der Waals surface area contributed by atoms with E-state index in [1.54, 1.807) is 13.0 Å². The molecule has 0 saturated heterocycles. The second-order valence-electron chi connectivity index (χ2n) is 4.23. The first kappa shape index (κ1) is 12.6. The van der Waals surface area contributed by atoms with Crippen LogP contribution >= 0.6 is 0 Å². The molecule has 0 aliphatic rings. The lowest BCUT2D eigenvalue weighted by atomic mass is 9.99. The Morgan fingerprint density at radius 2 is 1.94 bits per heavy atom. The van der Waals surface area contributed by atoms with Gasteiger partial charge < -0.3 is 5.11 Å². The van der Waals surface area contributed by atoms with Crippen LogP contribution in [0.1, 0.15) is 22.8 Å². The van der Waals surface area contributed by atoms with Gasteiger partial charge in [-0.05, 0) is 36.2 Å². The zero-order valence-corrected chi connectivity index (χ0v) is 9.90. The molecule has 18 heavy (non-hydrogen) atoms. The van der Waals surface area contributed by atoms with Gasteiger partial charge in [0.15, 0.2) is 0 Å². The smallest absolute Gasteiger partial charge is 0.141 e. The summed E-state index contributed by atoms with van der Waals surface area (Å²) in [6.07, 6.45) is 1.96. The highest BCUT2D eigenvalue weighted by Crippen LogP contribution is 2.20. The fourth-order valence-corrected chi connectivity index (χ4v) is 1.82. The SMILES string of the molecule is Cc1cc(F)ccc1CC(O)c1cncc(F)c1. The first-order chi connectivity index (χ1) is 8.56. The lowest BCUT2D eigenvalue weighted by molar-refractivity contribution is 0.177. The maximum Gasteiger partial charge on any atom is 0.141 e. The molecule has 0 aliphatic carbocycles. The van der Waals surface area contributed by atoms with Gasteiger partial charge in [-0.3, -0.25) is 4.98 Å². The van der Waals surface area contributed by atoms with Gasteiger partial charge in [0.1, 0.15) is 11.6 Å². The highest BCUT2D eigenvalue weighted by atomic mass is 19.1. The predicted molar refractivity (Wildman–Crippen MR) is 64.0 cm³/mol. The fourth-order valence-electron chi connectivity index (χ4n) is 1.82. The Bertz CT molecular complexity index is 557. The molecule has 1 aromatic carbocycles. The zero-order valence-electron chi connectivity index (χ0n) is 9.90. The van der Waals surface area contributed by atoms with Crippen molar-refractivity contribution in [2.24, 2.45) is 0 Å². The molecule has 0 aliphatic heterocycles. The molecule has 2 rings (SSSR count). The Labute approximate surface area is 104 Å². The number of hydrogen-bond donors (Lipinski definition) is 1. The molecule has 0 radical (unpaired) electrons. The van der Waals surface area contributed by atoms with E-state index in [2.05, 4.69) is 4.98 Å². The second-order valence-corrected chi connectivity index (χ2v) is 4.23. The van der Waals surface area contributed by atoms with Crippen LogP contribution < -0.4 is 0 Å². The van der Waals surface area contributed by atoms with E-state index in [1.807, 2.05) is 0 Å². The van der Waals surface area contributed by atoms with Crippen LogP contribution in [0.2, 0.25) is 0 Å². The number of hydrogen-bond acceptors (Lipinski definition) is 2. The van der Waals surface area contributed by atoms with Gasteiger partial charge in [0.05, 0.1) is 12.3 Å². The van der Waals surface area contributed by atoms with Gasteiger partial charge in [0.25, 0.3) is 0 Å². The van der Waals surface area contributed by atoms with E-state index in [4.69, 9.17) is 0 Å². The number of halogens is 2. The molecular weight excluding hydrogens is 236 g/mol. The second kappa shape index (κ2) is 5.23. The van der Waals surface area contributed by atoms with Gasteiger partial charge in [-0.15, -0.1) is 0 Å². The summed E-state index contributed by atoms with van der Waals surface area (Å²) in [7, 11) is 0. The molecule has 1 heterocycles. The number of nitrogens with zero attached hydrogens (tertiary/aromatic N) is 1. The van der Waals surface area contributed by atoms with E-state index in [9.17, 15) is 13.9 Å². The standard InChI is InChI=1S/C14H13F2NO/c1-9-4-12(15)3-2-10(9)6-14(18)11-5-13(16)8-17-7-11/h2-5,7-8,14,18H,6H2,1H3. The lowest BCUT2D eigenvalue weighted by Crippen LogP contribution is -2.04. The Morgan fingerprint density at radius 1 is 1.17 bits per heavy atom. The summed E-state index contributed by atoms with van der Waals surface area (Å²) < 4.78 is 25.9. The van der Waals surface area contributed by atoms with E-state index in [0.29, 0.717) is 12.0 Å². The Kier molecular flexibility index (Phi) is 3.67. The van der Waals surface area contributed by atoms with Gasteiger partial charge >= 0.3 is 0 Å². The van der Waals surface area contributed by atoms with Gasteiger partial charge in [0, 0.05) is 18.2 Å². The molecular formula is C14H13F2NO. The van der Waals surface area contributed by atoms with Crippen molar-refractivity contribution in [2.45, 2.75) is 19.4 Å². The molecule has 2 nitrogen and oxygen atoms in total. The number of benzene rings is 1. The summed E-state index contributed by atoms with van der Waals surface area (Å²) in [6.45, 7) is 1.77. The van der Waals surface area contributed by atoms with Crippen LogP contribution in [-0.2, 0) is 6.42 Å². The Balaban J connectivity index is 2.18. The zero-order chi connectivity index (χ0) is 13.1. The maximum absolute atomic E-state index is 13.0. The number of aryl methyl sites for hydroxylation is 1. The molecule has 1 atom stereocenters. The van der Waals surface area contributed by atoms with E-state index < -0.39 is 11.9 Å². The molecule has 94 valence electrons. The quantitative estimate of drug-likeness (QED) is 0.907. The van der Waals surface area contributed by atoms with Gasteiger partial charge in [-0.1, -0.05) is 6.07 Å². The third-order valence-electron chi connectivity index (χ3n) is 2.83. The highest BCUT2D eigenvalue weighted by Gasteiger charge is 2.11. The van der Waals surface area contributed by atoms with Crippen molar-refractivity contribution >= 4 is 0 Å². The van der Waals surface area contributed by atoms with Crippen molar-refractivity contribution in [3.63, 3.8) is 0 Å². The molecule has 0 saturated carbocycles. The fraction of sp³-hybridized carbons (Fsp3) is 0.214. The van der Waals surface area contributed by atoms with Crippen molar-refractivity contribution in [1.82, 2.24) is 4.98 Å². The van der Waals surface area contributed by atoms with Crippen LogP contribution in [0.15, 0.2) is 36.7 Å². The first-order valence-corrected chi connectivity index (χ1v) is 5.60. The van der Waals surface area contributed by atoms with E-state index in [1.165, 1.54) is 24.4 Å². The van der Waals surface area contributed by atoms with Crippen LogP contribution in [0, 0.1) is 18.6 Å². The highest BCUT2D eigenvalue weighted by molar-refractivity contribution is 5.28. The summed E-state index contributed by atoms with van der Waals surface area (Å²) in [5, 5.41) is 9.99. The molecule has 1 unspecified atom stereocenters. The minimum Gasteiger partial charge on any atom is -0.388 e. The maximum atomic E-state index is 13.0.